The molecule has 0 atom stereocenters. The average molecular weight is 283 g/mol. The van der Waals surface area contributed by atoms with Gasteiger partial charge < -0.3 is 21.1 Å². The van der Waals surface area contributed by atoms with Gasteiger partial charge in [-0.15, -0.1) is 0 Å². The van der Waals surface area contributed by atoms with Crippen molar-refractivity contribution in [1.82, 2.24) is 16.0 Å². The number of carbonyl (C=O) groups excluding carboxylic acids is 2. The second-order valence-corrected chi connectivity index (χ2v) is 5.61. The van der Waals surface area contributed by atoms with Gasteiger partial charge in [0.15, 0.2) is 0 Å². The number of nitrogens with one attached hydrogen (secondary N) is 3. The van der Waals surface area contributed by atoms with Crippen LogP contribution in [0.4, 0.5) is 4.79 Å². The lowest BCUT2D eigenvalue weighted by atomic mass is 9.69. The number of amides is 3. The van der Waals surface area contributed by atoms with Crippen molar-refractivity contribution in [2.75, 3.05) is 19.6 Å². The molecule has 2 aliphatic carbocycles. The van der Waals surface area contributed by atoms with Gasteiger partial charge in [-0.2, -0.15) is 0 Å². The number of urea groups is 1. The average Bonchev–Trinajstić information content (AvgIpc) is 3.16. The van der Waals surface area contributed by atoms with Crippen LogP contribution in [0.25, 0.3) is 0 Å². The molecule has 3 amide bonds. The fourth-order valence-corrected chi connectivity index (χ4v) is 2.23. The molecule has 112 valence electrons. The smallest absolute Gasteiger partial charge is 0.314 e. The topological polar surface area (TPSA) is 108 Å². The van der Waals surface area contributed by atoms with Crippen LogP contribution in [0.1, 0.15) is 32.1 Å². The zero-order valence-corrected chi connectivity index (χ0v) is 11.4. The Labute approximate surface area is 117 Å². The summed E-state index contributed by atoms with van der Waals surface area (Å²) >= 11 is 0. The Balaban J connectivity index is 1.56. The molecule has 0 spiro atoms. The van der Waals surface area contributed by atoms with Crippen LogP contribution < -0.4 is 16.0 Å². The van der Waals surface area contributed by atoms with Gasteiger partial charge in [0.2, 0.25) is 5.91 Å². The van der Waals surface area contributed by atoms with E-state index in [1.165, 1.54) is 0 Å². The van der Waals surface area contributed by atoms with E-state index in [1.807, 2.05) is 0 Å². The summed E-state index contributed by atoms with van der Waals surface area (Å²) in [4.78, 5) is 33.9. The molecule has 0 aromatic carbocycles. The monoisotopic (exact) mass is 283 g/mol. The Hall–Kier alpha value is -1.79. The Morgan fingerprint density at radius 3 is 2.20 bits per heavy atom. The quantitative estimate of drug-likeness (QED) is 0.496. The lowest BCUT2D eigenvalue weighted by Crippen LogP contribution is -2.50. The van der Waals surface area contributed by atoms with Crippen molar-refractivity contribution in [1.29, 1.82) is 0 Å². The van der Waals surface area contributed by atoms with Gasteiger partial charge in [0.25, 0.3) is 0 Å². The lowest BCUT2D eigenvalue weighted by Gasteiger charge is -2.37. The molecule has 0 radical (unpaired) electrons. The van der Waals surface area contributed by atoms with Gasteiger partial charge in [0.1, 0.15) is 0 Å². The van der Waals surface area contributed by atoms with Crippen molar-refractivity contribution in [3.05, 3.63) is 0 Å². The summed E-state index contributed by atoms with van der Waals surface area (Å²) in [5.41, 5.74) is -0.780. The zero-order chi connectivity index (χ0) is 14.6. The highest BCUT2D eigenvalue weighted by Crippen LogP contribution is 2.40. The number of hydrogen-bond acceptors (Lipinski definition) is 3. The van der Waals surface area contributed by atoms with E-state index >= 15 is 0 Å². The molecule has 2 rings (SSSR count). The van der Waals surface area contributed by atoms with Crippen LogP contribution in [0.3, 0.4) is 0 Å². The first-order valence-electron chi connectivity index (χ1n) is 7.06. The predicted octanol–water partition coefficient (Wildman–Crippen LogP) is 0.0667. The van der Waals surface area contributed by atoms with Crippen molar-refractivity contribution < 1.29 is 19.5 Å². The fourth-order valence-electron chi connectivity index (χ4n) is 2.23. The van der Waals surface area contributed by atoms with Crippen molar-refractivity contribution >= 4 is 17.9 Å². The van der Waals surface area contributed by atoms with Crippen LogP contribution in [0.15, 0.2) is 0 Å². The molecule has 0 heterocycles. The van der Waals surface area contributed by atoms with Crippen LogP contribution in [-0.4, -0.2) is 42.6 Å². The standard InChI is InChI=1S/C13H21N3O4/c17-10(9-2-3-9)14-6-7-15-12(20)16-8-13(11(18)19)4-1-5-13/h9H,1-8H2,(H,14,17)(H,18,19)(H2,15,16,20). The summed E-state index contributed by atoms with van der Waals surface area (Å²) in [6.45, 7) is 0.889. The highest BCUT2D eigenvalue weighted by atomic mass is 16.4. The molecule has 2 aliphatic rings. The molecule has 2 saturated carbocycles. The number of aliphatic carboxylic acids is 1. The normalized spacial score (nSPS) is 19.6. The van der Waals surface area contributed by atoms with Crippen LogP contribution in [0.2, 0.25) is 0 Å². The second-order valence-electron chi connectivity index (χ2n) is 5.61. The third-order valence-corrected chi connectivity index (χ3v) is 4.01. The van der Waals surface area contributed by atoms with E-state index in [0.29, 0.717) is 25.9 Å². The Morgan fingerprint density at radius 1 is 1.05 bits per heavy atom. The molecular weight excluding hydrogens is 262 g/mol. The molecule has 0 aromatic rings. The minimum absolute atomic E-state index is 0.0477. The first kappa shape index (κ1) is 14.6. The summed E-state index contributed by atoms with van der Waals surface area (Å²) in [5, 5.41) is 17.0. The van der Waals surface area contributed by atoms with Crippen molar-refractivity contribution in [2.45, 2.75) is 32.1 Å². The van der Waals surface area contributed by atoms with Crippen LogP contribution >= 0.6 is 0 Å². The summed E-state index contributed by atoms with van der Waals surface area (Å²) in [6.07, 6.45) is 4.02. The highest BCUT2D eigenvalue weighted by molar-refractivity contribution is 5.81. The van der Waals surface area contributed by atoms with Crippen LogP contribution in [-0.2, 0) is 9.59 Å². The summed E-state index contributed by atoms with van der Waals surface area (Å²) in [6, 6.07) is -0.391. The third kappa shape index (κ3) is 3.61. The lowest BCUT2D eigenvalue weighted by molar-refractivity contribution is -0.153. The minimum atomic E-state index is -0.847. The molecule has 20 heavy (non-hydrogen) atoms. The molecule has 0 unspecified atom stereocenters. The Kier molecular flexibility index (Phi) is 4.46. The molecule has 0 saturated heterocycles. The van der Waals surface area contributed by atoms with Gasteiger partial charge in [-0.25, -0.2) is 4.79 Å². The minimum Gasteiger partial charge on any atom is -0.481 e. The number of rotatable bonds is 7. The SMILES string of the molecule is O=C(NCCNC(=O)C1CC1)NCC1(C(=O)O)CCC1. The maximum Gasteiger partial charge on any atom is 0.314 e. The van der Waals surface area contributed by atoms with Crippen molar-refractivity contribution in [3.63, 3.8) is 0 Å². The van der Waals surface area contributed by atoms with Crippen LogP contribution in [0.5, 0.6) is 0 Å². The summed E-state index contributed by atoms with van der Waals surface area (Å²) in [5.74, 6) is -0.634. The predicted molar refractivity (Wildman–Crippen MR) is 71.1 cm³/mol. The van der Waals surface area contributed by atoms with Gasteiger partial charge in [-0.05, 0) is 25.7 Å². The summed E-state index contributed by atoms with van der Waals surface area (Å²) in [7, 11) is 0. The number of carbonyl (C=O) groups is 3. The van der Waals surface area contributed by atoms with Gasteiger partial charge in [0.05, 0.1) is 5.41 Å². The van der Waals surface area contributed by atoms with E-state index in [-0.39, 0.29) is 18.4 Å². The second kappa shape index (κ2) is 6.11. The molecule has 0 aliphatic heterocycles. The Morgan fingerprint density at radius 2 is 1.70 bits per heavy atom. The molecule has 0 aromatic heterocycles. The number of hydrogen-bond donors (Lipinski definition) is 4. The number of carboxylic acids is 1. The maximum atomic E-state index is 11.5. The first-order chi connectivity index (χ1) is 9.53. The zero-order valence-electron chi connectivity index (χ0n) is 11.4. The third-order valence-electron chi connectivity index (χ3n) is 4.01. The largest absolute Gasteiger partial charge is 0.481 e. The number of carboxylic acid groups (broad SMARTS) is 1. The van der Waals surface area contributed by atoms with E-state index in [9.17, 15) is 14.4 Å². The maximum absolute atomic E-state index is 11.5. The van der Waals surface area contributed by atoms with E-state index in [1.54, 1.807) is 0 Å². The van der Waals surface area contributed by atoms with Crippen molar-refractivity contribution in [3.8, 4) is 0 Å². The first-order valence-corrected chi connectivity index (χ1v) is 7.06. The van der Waals surface area contributed by atoms with E-state index in [0.717, 1.165) is 19.3 Å². The van der Waals surface area contributed by atoms with Gasteiger partial charge >= 0.3 is 12.0 Å². The van der Waals surface area contributed by atoms with Crippen molar-refractivity contribution in [2.24, 2.45) is 11.3 Å². The van der Waals surface area contributed by atoms with Crippen LogP contribution in [0, 0.1) is 11.3 Å². The van der Waals surface area contributed by atoms with Gasteiger partial charge in [-0.1, -0.05) is 6.42 Å². The molecular formula is C13H21N3O4. The Bertz CT molecular complexity index is 402. The molecule has 7 heteroatoms. The molecule has 0 bridgehead atoms. The van der Waals surface area contributed by atoms with E-state index in [2.05, 4.69) is 16.0 Å². The molecule has 4 N–H and O–H groups in total. The fraction of sp³-hybridized carbons (Fsp3) is 0.769. The van der Waals surface area contributed by atoms with E-state index in [4.69, 9.17) is 5.11 Å². The van der Waals surface area contributed by atoms with E-state index < -0.39 is 17.4 Å². The van der Waals surface area contributed by atoms with Gasteiger partial charge in [-0.3, -0.25) is 9.59 Å². The highest BCUT2D eigenvalue weighted by Gasteiger charge is 2.44. The summed E-state index contributed by atoms with van der Waals surface area (Å²) < 4.78 is 0. The molecule has 2 fully saturated rings. The molecule has 7 nitrogen and oxygen atoms in total. The van der Waals surface area contributed by atoms with Gasteiger partial charge in [0, 0.05) is 25.6 Å².